The second kappa shape index (κ2) is 8.18. The predicted molar refractivity (Wildman–Crippen MR) is 114 cm³/mol. The second-order valence-corrected chi connectivity index (χ2v) is 9.01. The van der Waals surface area contributed by atoms with Gasteiger partial charge in [0.2, 0.25) is 0 Å². The normalized spacial score (nSPS) is 15.7. The summed E-state index contributed by atoms with van der Waals surface area (Å²) < 4.78 is 6.73. The van der Waals surface area contributed by atoms with E-state index in [4.69, 9.17) is 11.2 Å². The minimum atomic E-state index is -0.452. The van der Waals surface area contributed by atoms with Crippen molar-refractivity contribution in [3.05, 3.63) is 31.4 Å². The highest BCUT2D eigenvalue weighted by atomic mass is 127. The van der Waals surface area contributed by atoms with Gasteiger partial charge in [0.25, 0.3) is 0 Å². The van der Waals surface area contributed by atoms with Crippen molar-refractivity contribution in [1.29, 1.82) is 0 Å². The number of nitrogens with zero attached hydrogens (tertiary/aromatic N) is 2. The molecule has 5 heteroatoms. The van der Waals surface area contributed by atoms with Crippen LogP contribution in [0, 0.1) is 36.7 Å². The van der Waals surface area contributed by atoms with Crippen LogP contribution in [-0.2, 0) is 11.3 Å². The van der Waals surface area contributed by atoms with E-state index in [9.17, 15) is 4.79 Å². The molecule has 4 nitrogen and oxygen atoms in total. The topological polar surface area (TPSA) is 32.8 Å². The Balaban J connectivity index is 2.08. The van der Waals surface area contributed by atoms with E-state index < -0.39 is 5.60 Å². The highest BCUT2D eigenvalue weighted by Gasteiger charge is 2.26. The number of piperazine rings is 1. The third-order valence-electron chi connectivity index (χ3n) is 4.86. The Hall–Kier alpha value is -1.26. The first kappa shape index (κ1) is 21.0. The van der Waals surface area contributed by atoms with E-state index in [1.807, 2.05) is 20.8 Å². The monoisotopic (exact) mass is 468 g/mol. The number of benzene rings is 1. The fourth-order valence-corrected chi connectivity index (χ4v) is 3.92. The first-order valence-corrected chi connectivity index (χ1v) is 10.1. The first-order valence-electron chi connectivity index (χ1n) is 9.00. The number of rotatable bonds is 2. The smallest absolute Gasteiger partial charge is 0.410 e. The van der Waals surface area contributed by atoms with Gasteiger partial charge in [-0.2, -0.15) is 0 Å². The standard InChI is InChI=1S/C21H29IN2O2/c1-8-17-14(2)18(16(4)19(22)15(17)3)13-23-9-11-24(12-10-23)20(25)26-21(5,6)7/h1H,9-13H2,2-7H3. The van der Waals surface area contributed by atoms with Crippen molar-refractivity contribution in [2.45, 2.75) is 53.7 Å². The highest BCUT2D eigenvalue weighted by molar-refractivity contribution is 14.1. The molecule has 26 heavy (non-hydrogen) atoms. The quantitative estimate of drug-likeness (QED) is 0.481. The Bertz CT molecular complexity index is 736. The number of terminal acetylenes is 1. The second-order valence-electron chi connectivity index (χ2n) is 7.93. The zero-order valence-electron chi connectivity index (χ0n) is 16.7. The Kier molecular flexibility index (Phi) is 6.62. The summed E-state index contributed by atoms with van der Waals surface area (Å²) in [5.41, 5.74) is 5.60. The van der Waals surface area contributed by atoms with Crippen molar-refractivity contribution in [1.82, 2.24) is 9.80 Å². The van der Waals surface area contributed by atoms with Gasteiger partial charge in [0.15, 0.2) is 0 Å². The minimum absolute atomic E-state index is 0.219. The van der Waals surface area contributed by atoms with Crippen molar-refractivity contribution >= 4 is 28.7 Å². The average molecular weight is 468 g/mol. The van der Waals surface area contributed by atoms with Crippen molar-refractivity contribution in [2.24, 2.45) is 0 Å². The number of halogens is 1. The van der Waals surface area contributed by atoms with E-state index in [2.05, 4.69) is 54.2 Å². The number of hydrogen-bond donors (Lipinski definition) is 0. The molecule has 1 saturated heterocycles. The lowest BCUT2D eigenvalue weighted by Crippen LogP contribution is -2.49. The lowest BCUT2D eigenvalue weighted by Gasteiger charge is -2.36. The summed E-state index contributed by atoms with van der Waals surface area (Å²) >= 11 is 2.40. The molecule has 1 aromatic rings. The maximum absolute atomic E-state index is 12.2. The molecule has 1 aliphatic rings. The van der Waals surface area contributed by atoms with Gasteiger partial charge in [0.1, 0.15) is 5.60 Å². The summed E-state index contributed by atoms with van der Waals surface area (Å²) in [5, 5.41) is 0. The lowest BCUT2D eigenvalue weighted by molar-refractivity contribution is 0.0138. The van der Waals surface area contributed by atoms with Crippen molar-refractivity contribution in [2.75, 3.05) is 26.2 Å². The molecular weight excluding hydrogens is 439 g/mol. The Morgan fingerprint density at radius 3 is 2.19 bits per heavy atom. The number of carbonyl (C=O) groups excluding carboxylic acids is 1. The molecule has 0 saturated carbocycles. The molecule has 1 heterocycles. The number of ether oxygens (including phenoxy) is 1. The van der Waals surface area contributed by atoms with Crippen LogP contribution in [0.4, 0.5) is 4.79 Å². The van der Waals surface area contributed by atoms with Gasteiger partial charge in [-0.3, -0.25) is 4.90 Å². The number of carbonyl (C=O) groups is 1. The summed E-state index contributed by atoms with van der Waals surface area (Å²) in [4.78, 5) is 16.4. The predicted octanol–water partition coefficient (Wildman–Crippen LogP) is 4.25. The molecular formula is C21H29IN2O2. The van der Waals surface area contributed by atoms with Crippen LogP contribution >= 0.6 is 22.6 Å². The van der Waals surface area contributed by atoms with Gasteiger partial charge in [-0.1, -0.05) is 5.92 Å². The maximum Gasteiger partial charge on any atom is 0.410 e. The van der Waals surface area contributed by atoms with Gasteiger partial charge in [0, 0.05) is 41.9 Å². The fourth-order valence-electron chi connectivity index (χ4n) is 3.33. The van der Waals surface area contributed by atoms with E-state index >= 15 is 0 Å². The van der Waals surface area contributed by atoms with Gasteiger partial charge in [-0.25, -0.2) is 4.79 Å². The largest absolute Gasteiger partial charge is 0.444 e. The lowest BCUT2D eigenvalue weighted by atomic mass is 9.93. The minimum Gasteiger partial charge on any atom is -0.444 e. The van der Waals surface area contributed by atoms with E-state index in [1.165, 1.54) is 25.8 Å². The molecule has 0 N–H and O–H groups in total. The molecule has 0 spiro atoms. The van der Waals surface area contributed by atoms with Crippen LogP contribution in [0.1, 0.15) is 48.6 Å². The van der Waals surface area contributed by atoms with Gasteiger partial charge < -0.3 is 9.64 Å². The summed E-state index contributed by atoms with van der Waals surface area (Å²) in [7, 11) is 0. The van der Waals surface area contributed by atoms with Crippen molar-refractivity contribution in [3.63, 3.8) is 0 Å². The van der Waals surface area contributed by atoms with Crippen molar-refractivity contribution < 1.29 is 9.53 Å². The van der Waals surface area contributed by atoms with E-state index in [0.29, 0.717) is 13.1 Å². The number of hydrogen-bond acceptors (Lipinski definition) is 3. The van der Waals surface area contributed by atoms with E-state index in [0.717, 1.165) is 25.2 Å². The molecule has 0 radical (unpaired) electrons. The summed E-state index contributed by atoms with van der Waals surface area (Å²) in [5.74, 6) is 2.86. The van der Waals surface area contributed by atoms with Crippen LogP contribution in [0.25, 0.3) is 0 Å². The molecule has 1 fully saturated rings. The van der Waals surface area contributed by atoms with E-state index in [1.54, 1.807) is 4.90 Å². The molecule has 0 bridgehead atoms. The van der Waals surface area contributed by atoms with Gasteiger partial charge in [0.05, 0.1) is 0 Å². The van der Waals surface area contributed by atoms with Crippen LogP contribution < -0.4 is 0 Å². The van der Waals surface area contributed by atoms with Crippen LogP contribution in [0.15, 0.2) is 0 Å². The summed E-state index contributed by atoms with van der Waals surface area (Å²) in [6.45, 7) is 16.0. The molecule has 142 valence electrons. The molecule has 1 aliphatic heterocycles. The van der Waals surface area contributed by atoms with Crippen molar-refractivity contribution in [3.8, 4) is 12.3 Å². The highest BCUT2D eigenvalue weighted by Crippen LogP contribution is 2.29. The van der Waals surface area contributed by atoms with E-state index in [-0.39, 0.29) is 6.09 Å². The Morgan fingerprint density at radius 1 is 1.12 bits per heavy atom. The fraction of sp³-hybridized carbons (Fsp3) is 0.571. The van der Waals surface area contributed by atoms with Gasteiger partial charge in [-0.05, 0) is 86.4 Å². The molecule has 0 atom stereocenters. The van der Waals surface area contributed by atoms with Crippen LogP contribution in [0.2, 0.25) is 0 Å². The molecule has 2 rings (SSSR count). The third-order valence-corrected chi connectivity index (χ3v) is 6.48. The summed E-state index contributed by atoms with van der Waals surface area (Å²) in [6, 6.07) is 0. The Morgan fingerprint density at radius 2 is 1.69 bits per heavy atom. The summed E-state index contributed by atoms with van der Waals surface area (Å²) in [6.07, 6.45) is 5.53. The molecule has 0 aromatic heterocycles. The molecule has 0 unspecified atom stereocenters. The zero-order chi connectivity index (χ0) is 19.6. The molecule has 0 aliphatic carbocycles. The van der Waals surface area contributed by atoms with Gasteiger partial charge in [-0.15, -0.1) is 6.42 Å². The maximum atomic E-state index is 12.2. The Labute approximate surface area is 171 Å². The number of amides is 1. The third kappa shape index (κ3) is 4.72. The van der Waals surface area contributed by atoms with Crippen LogP contribution in [0.3, 0.4) is 0 Å². The van der Waals surface area contributed by atoms with Crippen LogP contribution in [0.5, 0.6) is 0 Å². The SMILES string of the molecule is C#Cc1c(C)c(I)c(C)c(CN2CCN(C(=O)OC(C)(C)C)CC2)c1C. The first-order chi connectivity index (χ1) is 12.0. The molecule has 1 aromatic carbocycles. The zero-order valence-corrected chi connectivity index (χ0v) is 18.9. The molecule has 1 amide bonds. The average Bonchev–Trinajstić information content (AvgIpc) is 2.56. The van der Waals surface area contributed by atoms with Crippen LogP contribution in [-0.4, -0.2) is 47.7 Å². The van der Waals surface area contributed by atoms with Gasteiger partial charge >= 0.3 is 6.09 Å².